The minimum absolute atomic E-state index is 0.144. The van der Waals surface area contributed by atoms with Crippen molar-refractivity contribution in [3.8, 4) is 0 Å². The fraction of sp³-hybridized carbons (Fsp3) is 0.0625. The van der Waals surface area contributed by atoms with Crippen molar-refractivity contribution in [2.24, 2.45) is 5.73 Å². The summed E-state index contributed by atoms with van der Waals surface area (Å²) in [6.45, 7) is 0. The van der Waals surface area contributed by atoms with Crippen molar-refractivity contribution in [3.63, 3.8) is 0 Å². The number of carbonyl (C=O) groups is 2. The highest BCUT2D eigenvalue weighted by atomic mass is 32.2. The van der Waals surface area contributed by atoms with Crippen LogP contribution in [0.4, 0.5) is 5.69 Å². The standard InChI is InChI=1S/C16H14N4O2S/c17-15(22)11-4-6-12(7-5-11)19-14(21)10-23-16-18-9-13-3-1-2-8-20(13)16/h1-9H,10H2,(H2,17,22)(H,19,21). The summed E-state index contributed by atoms with van der Waals surface area (Å²) >= 11 is 1.36. The van der Waals surface area contributed by atoms with Crippen molar-refractivity contribution in [3.05, 3.63) is 60.4 Å². The SMILES string of the molecule is NC(=O)c1ccc(NC(=O)CSc2ncc3ccccn23)cc1. The molecule has 0 saturated carbocycles. The topological polar surface area (TPSA) is 89.5 Å². The summed E-state index contributed by atoms with van der Waals surface area (Å²) < 4.78 is 1.93. The van der Waals surface area contributed by atoms with Gasteiger partial charge in [-0.15, -0.1) is 0 Å². The number of hydrogen-bond donors (Lipinski definition) is 2. The smallest absolute Gasteiger partial charge is 0.248 e. The Morgan fingerprint density at radius 2 is 1.96 bits per heavy atom. The van der Waals surface area contributed by atoms with E-state index in [2.05, 4.69) is 10.3 Å². The molecule has 3 rings (SSSR count). The summed E-state index contributed by atoms with van der Waals surface area (Å²) in [5.74, 6) is -0.398. The monoisotopic (exact) mass is 326 g/mol. The zero-order valence-corrected chi connectivity index (χ0v) is 12.9. The van der Waals surface area contributed by atoms with Gasteiger partial charge in [0.25, 0.3) is 0 Å². The number of nitrogens with zero attached hydrogens (tertiary/aromatic N) is 2. The molecule has 3 aromatic rings. The first-order valence-electron chi connectivity index (χ1n) is 6.88. The van der Waals surface area contributed by atoms with Crippen LogP contribution >= 0.6 is 11.8 Å². The van der Waals surface area contributed by atoms with Gasteiger partial charge < -0.3 is 11.1 Å². The molecule has 0 aliphatic heterocycles. The molecule has 2 aromatic heterocycles. The Morgan fingerprint density at radius 3 is 2.70 bits per heavy atom. The second kappa shape index (κ2) is 6.53. The van der Waals surface area contributed by atoms with E-state index >= 15 is 0 Å². The number of aromatic nitrogens is 2. The Hall–Kier alpha value is -2.80. The van der Waals surface area contributed by atoms with Gasteiger partial charge in [-0.05, 0) is 36.4 Å². The van der Waals surface area contributed by atoms with Crippen LogP contribution in [0.1, 0.15) is 10.4 Å². The summed E-state index contributed by atoms with van der Waals surface area (Å²) in [6.07, 6.45) is 3.67. The van der Waals surface area contributed by atoms with E-state index < -0.39 is 5.91 Å². The number of amides is 2. The summed E-state index contributed by atoms with van der Waals surface area (Å²) in [4.78, 5) is 27.3. The molecule has 116 valence electrons. The van der Waals surface area contributed by atoms with E-state index in [1.807, 2.05) is 28.8 Å². The third-order valence-electron chi connectivity index (χ3n) is 3.19. The maximum Gasteiger partial charge on any atom is 0.248 e. The predicted molar refractivity (Wildman–Crippen MR) is 89.5 cm³/mol. The summed E-state index contributed by atoms with van der Waals surface area (Å²) in [5.41, 5.74) is 7.18. The second-order valence-corrected chi connectivity index (χ2v) is 5.76. The molecule has 0 aliphatic rings. The lowest BCUT2D eigenvalue weighted by Crippen LogP contribution is -2.15. The van der Waals surface area contributed by atoms with Gasteiger partial charge in [-0.1, -0.05) is 17.8 Å². The molecule has 0 fully saturated rings. The van der Waals surface area contributed by atoms with Crippen LogP contribution in [0.15, 0.2) is 60.0 Å². The van der Waals surface area contributed by atoms with Crippen molar-refractivity contribution in [1.29, 1.82) is 0 Å². The number of fused-ring (bicyclic) bond motifs is 1. The van der Waals surface area contributed by atoms with Crippen molar-refractivity contribution < 1.29 is 9.59 Å². The van der Waals surface area contributed by atoms with Crippen LogP contribution < -0.4 is 11.1 Å². The lowest BCUT2D eigenvalue weighted by atomic mass is 10.2. The molecule has 3 N–H and O–H groups in total. The van der Waals surface area contributed by atoms with Gasteiger partial charge in [0.2, 0.25) is 11.8 Å². The van der Waals surface area contributed by atoms with Crippen molar-refractivity contribution >= 4 is 34.8 Å². The molecular weight excluding hydrogens is 312 g/mol. The molecule has 1 aromatic carbocycles. The minimum atomic E-state index is -0.496. The highest BCUT2D eigenvalue weighted by Gasteiger charge is 2.08. The number of imidazole rings is 1. The number of nitrogens with one attached hydrogen (secondary N) is 1. The Kier molecular flexibility index (Phi) is 4.29. The van der Waals surface area contributed by atoms with E-state index in [-0.39, 0.29) is 11.7 Å². The molecule has 2 amide bonds. The highest BCUT2D eigenvalue weighted by Crippen LogP contribution is 2.18. The number of carbonyl (C=O) groups excluding carboxylic acids is 2. The van der Waals surface area contributed by atoms with Crippen LogP contribution in [0.25, 0.3) is 5.52 Å². The van der Waals surface area contributed by atoms with Crippen LogP contribution in [0.2, 0.25) is 0 Å². The Bertz CT molecular complexity index is 858. The molecule has 2 heterocycles. The van der Waals surface area contributed by atoms with Gasteiger partial charge in [-0.25, -0.2) is 4.98 Å². The molecule has 0 saturated heterocycles. The van der Waals surface area contributed by atoms with Crippen LogP contribution in [-0.4, -0.2) is 27.0 Å². The maximum atomic E-state index is 12.0. The van der Waals surface area contributed by atoms with Gasteiger partial charge in [0.1, 0.15) is 0 Å². The van der Waals surface area contributed by atoms with E-state index in [9.17, 15) is 9.59 Å². The van der Waals surface area contributed by atoms with E-state index in [0.29, 0.717) is 11.3 Å². The minimum Gasteiger partial charge on any atom is -0.366 e. The zero-order valence-electron chi connectivity index (χ0n) is 12.1. The molecule has 0 bridgehead atoms. The Labute approximate surface area is 136 Å². The first kappa shape index (κ1) is 15.1. The van der Waals surface area contributed by atoms with Crippen LogP contribution in [0.5, 0.6) is 0 Å². The predicted octanol–water partition coefficient (Wildman–Crippen LogP) is 2.16. The number of rotatable bonds is 5. The van der Waals surface area contributed by atoms with Gasteiger partial charge in [0, 0.05) is 17.4 Å². The fourth-order valence-electron chi connectivity index (χ4n) is 2.07. The molecule has 0 radical (unpaired) electrons. The second-order valence-electron chi connectivity index (χ2n) is 4.81. The number of benzene rings is 1. The Balaban J connectivity index is 1.60. The molecule has 6 nitrogen and oxygen atoms in total. The van der Waals surface area contributed by atoms with Crippen LogP contribution in [0.3, 0.4) is 0 Å². The quantitative estimate of drug-likeness (QED) is 0.703. The third-order valence-corrected chi connectivity index (χ3v) is 4.16. The molecule has 23 heavy (non-hydrogen) atoms. The average Bonchev–Trinajstić information content (AvgIpc) is 2.97. The number of pyridine rings is 1. The molecule has 0 atom stereocenters. The Morgan fingerprint density at radius 1 is 1.17 bits per heavy atom. The van der Waals surface area contributed by atoms with Crippen LogP contribution in [0, 0.1) is 0 Å². The normalized spacial score (nSPS) is 10.6. The number of thioether (sulfide) groups is 1. The summed E-state index contributed by atoms with van der Waals surface area (Å²) in [5, 5.41) is 3.53. The first-order valence-corrected chi connectivity index (χ1v) is 7.86. The van der Waals surface area contributed by atoms with E-state index in [1.54, 1.807) is 30.5 Å². The molecular formula is C16H14N4O2S. The van der Waals surface area contributed by atoms with Crippen LogP contribution in [-0.2, 0) is 4.79 Å². The molecule has 7 heteroatoms. The average molecular weight is 326 g/mol. The highest BCUT2D eigenvalue weighted by molar-refractivity contribution is 7.99. The van der Waals surface area contributed by atoms with Gasteiger partial charge in [0.05, 0.1) is 17.5 Å². The largest absolute Gasteiger partial charge is 0.366 e. The number of hydrogen-bond acceptors (Lipinski definition) is 4. The lowest BCUT2D eigenvalue weighted by Gasteiger charge is -2.05. The van der Waals surface area contributed by atoms with Crippen molar-refractivity contribution in [1.82, 2.24) is 9.38 Å². The van der Waals surface area contributed by atoms with E-state index in [4.69, 9.17) is 5.73 Å². The number of nitrogens with two attached hydrogens (primary N) is 1. The van der Waals surface area contributed by atoms with E-state index in [1.165, 1.54) is 11.8 Å². The van der Waals surface area contributed by atoms with E-state index in [0.717, 1.165) is 10.7 Å². The molecule has 0 unspecified atom stereocenters. The molecule has 0 aliphatic carbocycles. The van der Waals surface area contributed by atoms with Crippen molar-refractivity contribution in [2.75, 3.05) is 11.1 Å². The van der Waals surface area contributed by atoms with Gasteiger partial charge in [0.15, 0.2) is 5.16 Å². The number of primary amides is 1. The number of anilines is 1. The fourth-order valence-corrected chi connectivity index (χ4v) is 2.84. The lowest BCUT2D eigenvalue weighted by molar-refractivity contribution is -0.113. The first-order chi connectivity index (χ1) is 11.1. The van der Waals surface area contributed by atoms with Gasteiger partial charge in [-0.3, -0.25) is 14.0 Å². The zero-order chi connectivity index (χ0) is 16.2. The third kappa shape index (κ3) is 3.51. The molecule has 0 spiro atoms. The summed E-state index contributed by atoms with van der Waals surface area (Å²) in [7, 11) is 0. The van der Waals surface area contributed by atoms with Gasteiger partial charge >= 0.3 is 0 Å². The maximum absolute atomic E-state index is 12.0. The van der Waals surface area contributed by atoms with Gasteiger partial charge in [-0.2, -0.15) is 0 Å². The summed E-state index contributed by atoms with van der Waals surface area (Å²) in [6, 6.07) is 12.3. The van der Waals surface area contributed by atoms with Crippen molar-refractivity contribution in [2.45, 2.75) is 5.16 Å².